The standard InChI is InChI=1S/2C10H15.4ClH.2Zr/c2*1-6-7(2)9(4)10(5)8(6)3;;;;;;/h2*1-5H3;4*1H;;/q2*-1;;;;;+2;+4/p-4. The summed E-state index contributed by atoms with van der Waals surface area (Å²) in [5, 5.41) is 0. The van der Waals surface area contributed by atoms with Crippen molar-refractivity contribution in [1.82, 2.24) is 0 Å². The van der Waals surface area contributed by atoms with Crippen molar-refractivity contribution in [3.8, 4) is 0 Å². The van der Waals surface area contributed by atoms with E-state index >= 15 is 0 Å². The topological polar surface area (TPSA) is 0 Å². The Kier molecular flexibility index (Phi) is 17.7. The molecule has 0 aliphatic heterocycles. The monoisotopic (exact) mass is 590 g/mol. The first-order valence-corrected chi connectivity index (χ1v) is 20.9. The van der Waals surface area contributed by atoms with Crippen LogP contribution in [0.4, 0.5) is 0 Å². The normalized spacial score (nSPS) is 9.00. The first-order chi connectivity index (χ1) is 11.9. The van der Waals surface area contributed by atoms with Crippen LogP contribution in [-0.2, 0) is 41.7 Å². The van der Waals surface area contributed by atoms with Crippen LogP contribution in [0, 0.1) is 69.2 Å². The molecule has 26 heavy (non-hydrogen) atoms. The summed E-state index contributed by atoms with van der Waals surface area (Å²) >= 11 is -1.65. The minimum absolute atomic E-state index is 0.826. The molecule has 6 heteroatoms. The molecule has 0 unspecified atom stereocenters. The Morgan fingerprint density at radius 1 is 0.577 bits per heavy atom. The van der Waals surface area contributed by atoms with Crippen LogP contribution in [0.3, 0.4) is 0 Å². The van der Waals surface area contributed by atoms with Crippen LogP contribution in [0.25, 0.3) is 0 Å². The van der Waals surface area contributed by atoms with Gasteiger partial charge in [0.25, 0.3) is 0 Å². The van der Waals surface area contributed by atoms with Crippen LogP contribution in [0.5, 0.6) is 0 Å². The van der Waals surface area contributed by atoms with Gasteiger partial charge in [-0.2, -0.15) is 55.6 Å². The fraction of sp³-hybridized carbons (Fsp3) is 0.500. The van der Waals surface area contributed by atoms with Gasteiger partial charge in [0.2, 0.25) is 0 Å². The van der Waals surface area contributed by atoms with Crippen LogP contribution >= 0.6 is 34.1 Å². The van der Waals surface area contributed by atoms with Gasteiger partial charge in [-0.25, -0.2) is 0 Å². The molecule has 0 aromatic heterocycles. The van der Waals surface area contributed by atoms with E-state index in [2.05, 4.69) is 69.2 Å². The van der Waals surface area contributed by atoms with E-state index in [0.29, 0.717) is 0 Å². The van der Waals surface area contributed by atoms with Crippen molar-refractivity contribution in [2.45, 2.75) is 69.2 Å². The van der Waals surface area contributed by atoms with Gasteiger partial charge in [0.1, 0.15) is 0 Å². The fourth-order valence-electron chi connectivity index (χ4n) is 2.81. The fourth-order valence-corrected chi connectivity index (χ4v) is 2.81. The van der Waals surface area contributed by atoms with Gasteiger partial charge in [0.05, 0.1) is 0 Å². The third kappa shape index (κ3) is 8.97. The third-order valence-electron chi connectivity index (χ3n) is 5.62. The van der Waals surface area contributed by atoms with E-state index in [0.717, 1.165) is 0 Å². The summed E-state index contributed by atoms with van der Waals surface area (Å²) in [6, 6.07) is 0. The number of rotatable bonds is 0. The summed E-state index contributed by atoms with van der Waals surface area (Å²) in [7, 11) is 19.7. The van der Waals surface area contributed by atoms with E-state index in [1.807, 2.05) is 0 Å². The average molecular weight is 595 g/mol. The molecule has 0 amide bonds. The Labute approximate surface area is 198 Å². The Bertz CT molecular complexity index is 452. The molecular weight excluding hydrogens is 564 g/mol. The zero-order valence-corrected chi connectivity index (χ0v) is 25.5. The molecule has 0 spiro atoms. The molecule has 0 saturated heterocycles. The summed E-state index contributed by atoms with van der Waals surface area (Å²) in [5.74, 6) is 0. The maximum atomic E-state index is 4.93. The van der Waals surface area contributed by atoms with Crippen molar-refractivity contribution >= 4 is 34.1 Å². The molecule has 0 aliphatic carbocycles. The van der Waals surface area contributed by atoms with Gasteiger partial charge in [-0.1, -0.05) is 69.2 Å². The number of hydrogen-bond acceptors (Lipinski definition) is 0. The molecular formula is C20H30Cl4Zr2. The minimum atomic E-state index is -0.826. The molecule has 0 bridgehead atoms. The second-order valence-corrected chi connectivity index (χ2v) is 13.9. The van der Waals surface area contributed by atoms with Gasteiger partial charge in [-0.05, 0) is 0 Å². The average Bonchev–Trinajstić information content (AvgIpc) is 2.87. The van der Waals surface area contributed by atoms with Crippen LogP contribution < -0.4 is 0 Å². The number of halogens is 4. The Morgan fingerprint density at radius 2 is 0.692 bits per heavy atom. The molecule has 0 atom stereocenters. The van der Waals surface area contributed by atoms with Crippen molar-refractivity contribution < 1.29 is 41.7 Å². The van der Waals surface area contributed by atoms with Crippen molar-refractivity contribution in [2.24, 2.45) is 0 Å². The molecule has 0 aliphatic rings. The van der Waals surface area contributed by atoms with Crippen LogP contribution in [0.15, 0.2) is 0 Å². The second kappa shape index (κ2) is 15.5. The molecule has 0 heterocycles. The molecule has 0 radical (unpaired) electrons. The van der Waals surface area contributed by atoms with E-state index < -0.39 is 41.7 Å². The zero-order chi connectivity index (χ0) is 21.2. The molecule has 2 aromatic rings. The van der Waals surface area contributed by atoms with Crippen LogP contribution in [-0.4, -0.2) is 0 Å². The van der Waals surface area contributed by atoms with E-state index in [1.54, 1.807) is 0 Å². The van der Waals surface area contributed by atoms with Gasteiger partial charge in [-0.15, -0.1) is 0 Å². The molecule has 146 valence electrons. The predicted octanol–water partition coefficient (Wildman–Crippen LogP) is 8.65. The SMILES string of the molecule is Cc1c(C)c(C)[c-](C)c1C.Cc1c(C)c(C)[c-](C)c1C.[Cl][Zr+2][Cl].[Cl][Zr][Cl]. The van der Waals surface area contributed by atoms with Gasteiger partial charge >= 0.3 is 75.7 Å². The molecule has 2 rings (SSSR count). The number of hydrogen-bond donors (Lipinski definition) is 0. The summed E-state index contributed by atoms with van der Waals surface area (Å²) < 4.78 is 0. The van der Waals surface area contributed by atoms with Crippen LogP contribution in [0.1, 0.15) is 55.6 Å². The van der Waals surface area contributed by atoms with Crippen molar-refractivity contribution in [2.75, 3.05) is 0 Å². The van der Waals surface area contributed by atoms with Gasteiger partial charge in [-0.3, -0.25) is 0 Å². The summed E-state index contributed by atoms with van der Waals surface area (Å²) in [6.07, 6.45) is 0. The molecule has 0 N–H and O–H groups in total. The Hall–Kier alpha value is 1.63. The Morgan fingerprint density at radius 3 is 0.731 bits per heavy atom. The molecule has 0 fully saturated rings. The summed E-state index contributed by atoms with van der Waals surface area (Å²) in [5.41, 5.74) is 14.7. The van der Waals surface area contributed by atoms with Crippen LogP contribution in [0.2, 0.25) is 0 Å². The van der Waals surface area contributed by atoms with E-state index in [-0.39, 0.29) is 0 Å². The van der Waals surface area contributed by atoms with Gasteiger partial charge in [0.15, 0.2) is 0 Å². The quantitative estimate of drug-likeness (QED) is 0.268. The maximum absolute atomic E-state index is 4.93. The summed E-state index contributed by atoms with van der Waals surface area (Å²) in [6.45, 7) is 22.0. The zero-order valence-electron chi connectivity index (χ0n) is 17.5. The van der Waals surface area contributed by atoms with Crippen molar-refractivity contribution in [1.29, 1.82) is 0 Å². The van der Waals surface area contributed by atoms with E-state index in [4.69, 9.17) is 34.1 Å². The van der Waals surface area contributed by atoms with Crippen molar-refractivity contribution in [3.63, 3.8) is 0 Å². The molecule has 0 saturated carbocycles. The van der Waals surface area contributed by atoms with Crippen molar-refractivity contribution in [3.05, 3.63) is 55.6 Å². The first-order valence-electron chi connectivity index (χ1n) is 8.26. The molecule has 0 nitrogen and oxygen atoms in total. The predicted molar refractivity (Wildman–Crippen MR) is 115 cm³/mol. The molecule has 2 aromatic carbocycles. The first kappa shape index (κ1) is 29.8. The van der Waals surface area contributed by atoms with Gasteiger partial charge < -0.3 is 0 Å². The third-order valence-corrected chi connectivity index (χ3v) is 5.62. The summed E-state index contributed by atoms with van der Waals surface area (Å²) in [4.78, 5) is 0. The van der Waals surface area contributed by atoms with Gasteiger partial charge in [0, 0.05) is 0 Å². The van der Waals surface area contributed by atoms with E-state index in [9.17, 15) is 0 Å². The van der Waals surface area contributed by atoms with E-state index in [1.165, 1.54) is 55.6 Å². The Balaban J connectivity index is 0. The second-order valence-electron chi connectivity index (χ2n) is 6.39.